The summed E-state index contributed by atoms with van der Waals surface area (Å²) in [4.78, 5) is 0. The second kappa shape index (κ2) is 6.56. The van der Waals surface area contributed by atoms with Crippen molar-refractivity contribution < 1.29 is 23.4 Å². The van der Waals surface area contributed by atoms with E-state index < -0.39 is 24.9 Å². The lowest BCUT2D eigenvalue weighted by atomic mass is 10.00. The van der Waals surface area contributed by atoms with Gasteiger partial charge in [-0.25, -0.2) is 0 Å². The van der Waals surface area contributed by atoms with Crippen LogP contribution in [0.25, 0.3) is 0 Å². The summed E-state index contributed by atoms with van der Waals surface area (Å²) in [7, 11) is 0. The molecule has 3 N–H and O–H groups in total. The molecule has 2 atom stereocenters. The van der Waals surface area contributed by atoms with Crippen molar-refractivity contribution in [2.75, 3.05) is 13.1 Å². The van der Waals surface area contributed by atoms with E-state index in [1.54, 1.807) is 0 Å². The van der Waals surface area contributed by atoms with E-state index in [0.717, 1.165) is 12.8 Å². The number of nitrogens with one attached hydrogen (secondary N) is 1. The quantitative estimate of drug-likeness (QED) is 0.673. The molecule has 1 saturated carbocycles. The number of alkyl halides is 3. The molecule has 0 aliphatic heterocycles. The summed E-state index contributed by atoms with van der Waals surface area (Å²) in [6.45, 7) is -0.463. The van der Waals surface area contributed by atoms with Gasteiger partial charge in [0.1, 0.15) is 0 Å². The standard InChI is InChI=1S/C11H20F3NO2/c12-11(13,14)10(17)7-15-6-9(16)5-8-3-1-2-4-8/h8-10,15-17H,1-7H2. The van der Waals surface area contributed by atoms with E-state index in [4.69, 9.17) is 5.11 Å². The van der Waals surface area contributed by atoms with Gasteiger partial charge in [-0.3, -0.25) is 0 Å². The van der Waals surface area contributed by atoms with Gasteiger partial charge in [0.2, 0.25) is 0 Å². The SMILES string of the molecule is OC(CNCC(O)C(F)(F)F)CC1CCCC1. The first-order chi connectivity index (χ1) is 7.89. The van der Waals surface area contributed by atoms with E-state index in [2.05, 4.69) is 5.32 Å². The van der Waals surface area contributed by atoms with Crippen molar-refractivity contribution in [3.63, 3.8) is 0 Å². The average Bonchev–Trinajstić information content (AvgIpc) is 2.68. The maximum absolute atomic E-state index is 11.9. The maximum Gasteiger partial charge on any atom is 0.415 e. The summed E-state index contributed by atoms with van der Waals surface area (Å²) in [6.07, 6.45) is -2.39. The highest BCUT2D eigenvalue weighted by atomic mass is 19.4. The van der Waals surface area contributed by atoms with Crippen molar-refractivity contribution in [2.45, 2.75) is 50.5 Å². The van der Waals surface area contributed by atoms with Gasteiger partial charge in [-0.1, -0.05) is 25.7 Å². The molecule has 1 rings (SSSR count). The third-order valence-electron chi connectivity index (χ3n) is 3.18. The second-order valence-electron chi connectivity index (χ2n) is 4.76. The Morgan fingerprint density at radius 2 is 1.71 bits per heavy atom. The zero-order chi connectivity index (χ0) is 12.9. The van der Waals surface area contributed by atoms with E-state index in [1.807, 2.05) is 0 Å². The lowest BCUT2D eigenvalue weighted by molar-refractivity contribution is -0.202. The Morgan fingerprint density at radius 3 is 2.24 bits per heavy atom. The zero-order valence-corrected chi connectivity index (χ0v) is 9.71. The Bertz CT molecular complexity index is 217. The van der Waals surface area contributed by atoms with Gasteiger partial charge >= 0.3 is 6.18 Å². The lowest BCUT2D eigenvalue weighted by Gasteiger charge is -2.18. The molecule has 1 fully saturated rings. The van der Waals surface area contributed by atoms with E-state index in [-0.39, 0.29) is 6.54 Å². The second-order valence-corrected chi connectivity index (χ2v) is 4.76. The molecule has 0 amide bonds. The zero-order valence-electron chi connectivity index (χ0n) is 9.71. The van der Waals surface area contributed by atoms with Gasteiger partial charge in [0.15, 0.2) is 6.10 Å². The molecule has 0 radical (unpaired) electrons. The summed E-state index contributed by atoms with van der Waals surface area (Å²) >= 11 is 0. The topological polar surface area (TPSA) is 52.5 Å². The smallest absolute Gasteiger partial charge is 0.392 e. The monoisotopic (exact) mass is 255 g/mol. The minimum absolute atomic E-state index is 0.101. The third-order valence-corrected chi connectivity index (χ3v) is 3.18. The summed E-state index contributed by atoms with van der Waals surface area (Å²) in [5.41, 5.74) is 0. The highest BCUT2D eigenvalue weighted by Gasteiger charge is 2.37. The van der Waals surface area contributed by atoms with Crippen LogP contribution in [0.3, 0.4) is 0 Å². The molecule has 0 aromatic carbocycles. The van der Waals surface area contributed by atoms with Gasteiger partial charge < -0.3 is 15.5 Å². The average molecular weight is 255 g/mol. The first-order valence-corrected chi connectivity index (χ1v) is 6.03. The number of aliphatic hydroxyl groups is 2. The third kappa shape index (κ3) is 5.70. The first-order valence-electron chi connectivity index (χ1n) is 6.03. The number of rotatable bonds is 6. The molecule has 0 bridgehead atoms. The van der Waals surface area contributed by atoms with E-state index in [9.17, 15) is 18.3 Å². The van der Waals surface area contributed by atoms with E-state index in [1.165, 1.54) is 12.8 Å². The van der Waals surface area contributed by atoms with Crippen LogP contribution in [-0.4, -0.2) is 41.7 Å². The van der Waals surface area contributed by atoms with Gasteiger partial charge in [0, 0.05) is 13.1 Å². The van der Waals surface area contributed by atoms with Gasteiger partial charge in [-0.15, -0.1) is 0 Å². The Labute approximate surface area is 99.0 Å². The van der Waals surface area contributed by atoms with Crippen LogP contribution in [-0.2, 0) is 0 Å². The van der Waals surface area contributed by atoms with E-state index >= 15 is 0 Å². The number of halogens is 3. The van der Waals surface area contributed by atoms with Crippen LogP contribution in [0.4, 0.5) is 13.2 Å². The number of aliphatic hydroxyl groups excluding tert-OH is 2. The minimum Gasteiger partial charge on any atom is -0.392 e. The molecule has 0 aromatic rings. The summed E-state index contributed by atoms with van der Waals surface area (Å²) in [5.74, 6) is 0.499. The highest BCUT2D eigenvalue weighted by Crippen LogP contribution is 2.28. The molecule has 1 aliphatic rings. The fourth-order valence-corrected chi connectivity index (χ4v) is 2.22. The Morgan fingerprint density at radius 1 is 1.12 bits per heavy atom. The summed E-state index contributed by atoms with van der Waals surface area (Å²) in [6, 6.07) is 0. The molecule has 102 valence electrons. The minimum atomic E-state index is -4.59. The Hall–Kier alpha value is -0.330. The molecule has 0 saturated heterocycles. The van der Waals surface area contributed by atoms with Crippen LogP contribution in [0.2, 0.25) is 0 Å². The molecule has 6 heteroatoms. The van der Waals surface area contributed by atoms with Crippen LogP contribution in [0.15, 0.2) is 0 Å². The van der Waals surface area contributed by atoms with Crippen molar-refractivity contribution in [2.24, 2.45) is 5.92 Å². The lowest BCUT2D eigenvalue weighted by Crippen LogP contribution is -2.41. The highest BCUT2D eigenvalue weighted by molar-refractivity contribution is 4.74. The fraction of sp³-hybridized carbons (Fsp3) is 1.00. The molecule has 1 aliphatic carbocycles. The Kier molecular flexibility index (Phi) is 5.69. The molecule has 0 spiro atoms. The maximum atomic E-state index is 11.9. The number of hydrogen-bond donors (Lipinski definition) is 3. The number of hydrogen-bond acceptors (Lipinski definition) is 3. The van der Waals surface area contributed by atoms with Gasteiger partial charge in [0.25, 0.3) is 0 Å². The first kappa shape index (κ1) is 14.7. The van der Waals surface area contributed by atoms with Crippen molar-refractivity contribution in [1.29, 1.82) is 0 Å². The van der Waals surface area contributed by atoms with Crippen molar-refractivity contribution in [1.82, 2.24) is 5.32 Å². The normalized spacial score (nSPS) is 21.7. The van der Waals surface area contributed by atoms with Gasteiger partial charge in [0.05, 0.1) is 6.10 Å². The fourth-order valence-electron chi connectivity index (χ4n) is 2.22. The Balaban J connectivity index is 2.09. The van der Waals surface area contributed by atoms with Crippen molar-refractivity contribution in [3.05, 3.63) is 0 Å². The predicted octanol–water partition coefficient (Wildman–Crippen LogP) is 1.44. The summed E-state index contributed by atoms with van der Waals surface area (Å²) in [5, 5.41) is 20.8. The van der Waals surface area contributed by atoms with Crippen LogP contribution in [0.5, 0.6) is 0 Å². The molecule has 17 heavy (non-hydrogen) atoms. The predicted molar refractivity (Wildman–Crippen MR) is 57.5 cm³/mol. The van der Waals surface area contributed by atoms with Gasteiger partial charge in [-0.05, 0) is 12.3 Å². The summed E-state index contributed by atoms with van der Waals surface area (Å²) < 4.78 is 35.8. The van der Waals surface area contributed by atoms with Crippen LogP contribution < -0.4 is 5.32 Å². The molecule has 0 aromatic heterocycles. The molecule has 2 unspecified atom stereocenters. The largest absolute Gasteiger partial charge is 0.415 e. The van der Waals surface area contributed by atoms with Gasteiger partial charge in [-0.2, -0.15) is 13.2 Å². The van der Waals surface area contributed by atoms with Crippen LogP contribution in [0.1, 0.15) is 32.1 Å². The molecular weight excluding hydrogens is 235 g/mol. The van der Waals surface area contributed by atoms with Crippen LogP contribution in [0, 0.1) is 5.92 Å². The van der Waals surface area contributed by atoms with Crippen LogP contribution >= 0.6 is 0 Å². The molecular formula is C11H20F3NO2. The van der Waals surface area contributed by atoms with Crippen molar-refractivity contribution in [3.8, 4) is 0 Å². The van der Waals surface area contributed by atoms with E-state index in [0.29, 0.717) is 12.3 Å². The van der Waals surface area contributed by atoms with Crippen molar-refractivity contribution >= 4 is 0 Å². The molecule has 0 heterocycles. The molecule has 3 nitrogen and oxygen atoms in total.